The molecule has 0 saturated carbocycles. The van der Waals surface area contributed by atoms with Crippen LogP contribution in [0.25, 0.3) is 10.8 Å². The topological polar surface area (TPSA) is 76.7 Å². The lowest BCUT2D eigenvalue weighted by molar-refractivity contribution is 0.0695. The molecule has 0 aliphatic heterocycles. The van der Waals surface area contributed by atoms with Crippen LogP contribution < -0.4 is 10.4 Å². The molecule has 1 heterocycles. The number of ether oxygens (including phenoxy) is 1. The fraction of sp³-hybridized carbons (Fsp3) is 0.167. The molecular formula is C12H10O5. The zero-order valence-electron chi connectivity index (χ0n) is 9.31. The van der Waals surface area contributed by atoms with Crippen molar-refractivity contribution >= 4 is 16.7 Å². The molecule has 0 bridgehead atoms. The van der Waals surface area contributed by atoms with Crippen molar-refractivity contribution in [2.45, 2.75) is 6.92 Å². The van der Waals surface area contributed by atoms with Crippen molar-refractivity contribution in [1.82, 2.24) is 0 Å². The van der Waals surface area contributed by atoms with Gasteiger partial charge in [-0.2, -0.15) is 0 Å². The summed E-state index contributed by atoms with van der Waals surface area (Å²) in [5, 5.41) is 9.59. The van der Waals surface area contributed by atoms with Gasteiger partial charge in [-0.15, -0.1) is 0 Å². The SMILES string of the molecule is COc1cccc2c(C(=O)O)c(C)oc(=O)c12. The predicted octanol–water partition coefficient (Wildman–Crippen LogP) is 1.81. The zero-order chi connectivity index (χ0) is 12.6. The van der Waals surface area contributed by atoms with Crippen LogP contribution in [0.5, 0.6) is 5.75 Å². The summed E-state index contributed by atoms with van der Waals surface area (Å²) >= 11 is 0. The van der Waals surface area contributed by atoms with Gasteiger partial charge in [0.05, 0.1) is 7.11 Å². The molecule has 1 aromatic carbocycles. The lowest BCUT2D eigenvalue weighted by Gasteiger charge is -2.07. The van der Waals surface area contributed by atoms with E-state index < -0.39 is 11.6 Å². The third-order valence-electron chi connectivity index (χ3n) is 2.53. The van der Waals surface area contributed by atoms with Crippen molar-refractivity contribution in [3.8, 4) is 5.75 Å². The lowest BCUT2D eigenvalue weighted by atomic mass is 10.1. The highest BCUT2D eigenvalue weighted by Crippen LogP contribution is 2.26. The standard InChI is InChI=1S/C12H10O5/c1-6-9(11(13)14)7-4-3-5-8(16-2)10(7)12(15)17-6/h3-5H,1-2H3,(H,13,14). The fourth-order valence-electron chi connectivity index (χ4n) is 1.82. The molecule has 0 saturated heterocycles. The molecule has 1 aromatic heterocycles. The molecule has 0 atom stereocenters. The van der Waals surface area contributed by atoms with Gasteiger partial charge in [-0.25, -0.2) is 9.59 Å². The second-order valence-corrected chi connectivity index (χ2v) is 3.51. The number of fused-ring (bicyclic) bond motifs is 1. The first-order valence-corrected chi connectivity index (χ1v) is 4.90. The third-order valence-corrected chi connectivity index (χ3v) is 2.53. The van der Waals surface area contributed by atoms with Crippen LogP contribution in [0.2, 0.25) is 0 Å². The van der Waals surface area contributed by atoms with Gasteiger partial charge in [-0.3, -0.25) is 0 Å². The third kappa shape index (κ3) is 1.65. The van der Waals surface area contributed by atoms with Gasteiger partial charge in [0, 0.05) is 5.39 Å². The number of rotatable bonds is 2. The largest absolute Gasteiger partial charge is 0.496 e. The number of benzene rings is 1. The quantitative estimate of drug-likeness (QED) is 0.857. The summed E-state index contributed by atoms with van der Waals surface area (Å²) in [6, 6.07) is 4.78. The van der Waals surface area contributed by atoms with Crippen LogP contribution >= 0.6 is 0 Å². The van der Waals surface area contributed by atoms with E-state index in [0.29, 0.717) is 11.1 Å². The molecule has 2 rings (SSSR count). The van der Waals surface area contributed by atoms with Crippen LogP contribution in [-0.4, -0.2) is 18.2 Å². The summed E-state index contributed by atoms with van der Waals surface area (Å²) in [6.45, 7) is 1.45. The van der Waals surface area contributed by atoms with Gasteiger partial charge >= 0.3 is 11.6 Å². The Kier molecular flexibility index (Phi) is 2.59. The maximum absolute atomic E-state index is 11.7. The predicted molar refractivity (Wildman–Crippen MR) is 60.7 cm³/mol. The number of aromatic carboxylic acids is 1. The number of hydrogen-bond donors (Lipinski definition) is 1. The van der Waals surface area contributed by atoms with Gasteiger partial charge in [-0.1, -0.05) is 12.1 Å². The Morgan fingerprint density at radius 1 is 1.41 bits per heavy atom. The van der Waals surface area contributed by atoms with Crippen LogP contribution in [0.1, 0.15) is 16.1 Å². The van der Waals surface area contributed by atoms with Crippen LogP contribution in [0, 0.1) is 6.92 Å². The van der Waals surface area contributed by atoms with E-state index in [9.17, 15) is 9.59 Å². The van der Waals surface area contributed by atoms with Crippen molar-refractivity contribution in [3.63, 3.8) is 0 Å². The lowest BCUT2D eigenvalue weighted by Crippen LogP contribution is -2.09. The van der Waals surface area contributed by atoms with Gasteiger partial charge in [0.2, 0.25) is 0 Å². The molecule has 17 heavy (non-hydrogen) atoms. The van der Waals surface area contributed by atoms with Gasteiger partial charge in [0.25, 0.3) is 0 Å². The highest BCUT2D eigenvalue weighted by Gasteiger charge is 2.18. The first kappa shape index (κ1) is 11.2. The Hall–Kier alpha value is -2.30. The molecular weight excluding hydrogens is 224 g/mol. The fourth-order valence-corrected chi connectivity index (χ4v) is 1.82. The number of aryl methyl sites for hydroxylation is 1. The first-order chi connectivity index (χ1) is 8.06. The molecule has 2 aromatic rings. The maximum atomic E-state index is 11.7. The minimum absolute atomic E-state index is 0.0153. The molecule has 88 valence electrons. The molecule has 0 amide bonds. The van der Waals surface area contributed by atoms with Crippen molar-refractivity contribution < 1.29 is 19.1 Å². The van der Waals surface area contributed by atoms with Gasteiger partial charge in [0.1, 0.15) is 22.5 Å². The highest BCUT2D eigenvalue weighted by atomic mass is 16.5. The minimum Gasteiger partial charge on any atom is -0.496 e. The molecule has 0 fully saturated rings. The summed E-state index contributed by atoms with van der Waals surface area (Å²) in [5.74, 6) is -0.744. The van der Waals surface area contributed by atoms with Crippen LogP contribution in [0.4, 0.5) is 0 Å². The molecule has 0 spiro atoms. The van der Waals surface area contributed by atoms with Crippen molar-refractivity contribution in [1.29, 1.82) is 0 Å². The average molecular weight is 234 g/mol. The summed E-state index contributed by atoms with van der Waals surface area (Å²) in [4.78, 5) is 22.9. The zero-order valence-corrected chi connectivity index (χ0v) is 9.31. The smallest absolute Gasteiger partial charge is 0.347 e. The van der Waals surface area contributed by atoms with Crippen LogP contribution in [-0.2, 0) is 0 Å². The Morgan fingerprint density at radius 2 is 2.12 bits per heavy atom. The minimum atomic E-state index is -1.13. The monoisotopic (exact) mass is 234 g/mol. The van der Waals surface area contributed by atoms with Gasteiger partial charge in [0.15, 0.2) is 0 Å². The second kappa shape index (κ2) is 3.93. The van der Waals surface area contributed by atoms with Gasteiger partial charge < -0.3 is 14.3 Å². The molecule has 5 heteroatoms. The summed E-state index contributed by atoms with van der Waals surface area (Å²) < 4.78 is 9.94. The number of hydrogen-bond acceptors (Lipinski definition) is 4. The molecule has 0 aliphatic rings. The summed E-state index contributed by atoms with van der Waals surface area (Å²) in [5.41, 5.74) is -0.613. The van der Waals surface area contributed by atoms with E-state index in [2.05, 4.69) is 0 Å². The van der Waals surface area contributed by atoms with Gasteiger partial charge in [-0.05, 0) is 13.0 Å². The van der Waals surface area contributed by atoms with E-state index >= 15 is 0 Å². The Morgan fingerprint density at radius 3 is 2.71 bits per heavy atom. The number of methoxy groups -OCH3 is 1. The number of carboxylic acid groups (broad SMARTS) is 1. The summed E-state index contributed by atoms with van der Waals surface area (Å²) in [6.07, 6.45) is 0. The van der Waals surface area contributed by atoms with E-state index in [1.54, 1.807) is 18.2 Å². The van der Waals surface area contributed by atoms with E-state index in [4.69, 9.17) is 14.3 Å². The average Bonchev–Trinajstić information content (AvgIpc) is 2.27. The number of carbonyl (C=O) groups is 1. The van der Waals surface area contributed by atoms with E-state index in [0.717, 1.165) is 0 Å². The maximum Gasteiger partial charge on any atom is 0.347 e. The Labute approximate surface area is 96.2 Å². The Balaban J connectivity index is 3.03. The second-order valence-electron chi connectivity index (χ2n) is 3.51. The number of carboxylic acids is 1. The van der Waals surface area contributed by atoms with Crippen LogP contribution in [0.15, 0.2) is 27.4 Å². The van der Waals surface area contributed by atoms with Crippen molar-refractivity contribution in [2.75, 3.05) is 7.11 Å². The molecule has 0 aliphatic carbocycles. The molecule has 1 N–H and O–H groups in total. The Bertz CT molecular complexity index is 654. The molecule has 0 unspecified atom stereocenters. The van der Waals surface area contributed by atoms with Crippen LogP contribution in [0.3, 0.4) is 0 Å². The van der Waals surface area contributed by atoms with E-state index in [1.807, 2.05) is 0 Å². The van der Waals surface area contributed by atoms with Crippen molar-refractivity contribution in [3.05, 3.63) is 39.9 Å². The molecule has 5 nitrogen and oxygen atoms in total. The first-order valence-electron chi connectivity index (χ1n) is 4.90. The highest BCUT2D eigenvalue weighted by molar-refractivity contribution is 6.05. The normalized spacial score (nSPS) is 10.5. The molecule has 0 radical (unpaired) electrons. The van der Waals surface area contributed by atoms with Crippen molar-refractivity contribution in [2.24, 2.45) is 0 Å². The summed E-state index contributed by atoms with van der Waals surface area (Å²) in [7, 11) is 1.41. The van der Waals surface area contributed by atoms with E-state index in [-0.39, 0.29) is 16.7 Å². The van der Waals surface area contributed by atoms with E-state index in [1.165, 1.54) is 14.0 Å².